The molecule has 136 valence electrons. The van der Waals surface area contributed by atoms with Gasteiger partial charge in [-0.25, -0.2) is 13.1 Å². The van der Waals surface area contributed by atoms with Crippen molar-refractivity contribution < 1.29 is 17.6 Å². The van der Waals surface area contributed by atoms with Crippen molar-refractivity contribution in [1.82, 2.24) is 10.2 Å². The van der Waals surface area contributed by atoms with Crippen LogP contribution in [0.3, 0.4) is 0 Å². The predicted molar refractivity (Wildman–Crippen MR) is 95.9 cm³/mol. The summed E-state index contributed by atoms with van der Waals surface area (Å²) < 4.78 is 38.5. The lowest BCUT2D eigenvalue weighted by Crippen LogP contribution is -2.14. The number of benzene rings is 2. The first-order valence-corrected chi connectivity index (χ1v) is 9.64. The molecular formula is C17H11ClN4O4S. The average molecular weight is 403 g/mol. The van der Waals surface area contributed by atoms with Crippen LogP contribution in [0.4, 0.5) is 6.01 Å². The zero-order valence-corrected chi connectivity index (χ0v) is 15.2. The molecule has 0 spiro atoms. The van der Waals surface area contributed by atoms with E-state index in [0.29, 0.717) is 29.2 Å². The van der Waals surface area contributed by atoms with Gasteiger partial charge in [0.1, 0.15) is 10.6 Å². The minimum Gasteiger partial charge on any atom is -0.492 e. The molecule has 10 heteroatoms. The number of rotatable bonds is 4. The Labute approximate surface area is 159 Å². The van der Waals surface area contributed by atoms with Crippen molar-refractivity contribution >= 4 is 27.6 Å². The highest BCUT2D eigenvalue weighted by Crippen LogP contribution is 2.36. The summed E-state index contributed by atoms with van der Waals surface area (Å²) in [6.07, 6.45) is 0.582. The van der Waals surface area contributed by atoms with Gasteiger partial charge in [-0.15, -0.1) is 5.10 Å². The maximum absolute atomic E-state index is 12.7. The van der Waals surface area contributed by atoms with Crippen LogP contribution in [0.1, 0.15) is 11.1 Å². The topological polar surface area (TPSA) is 118 Å². The van der Waals surface area contributed by atoms with E-state index in [-0.39, 0.29) is 22.6 Å². The molecule has 0 fully saturated rings. The standard InChI is InChI=1S/C17H11ClN4O4S/c18-13-7-11-4-5-25-15(11)14(8-13)27(23,24)22-17-21-20-16(26-17)12-3-1-2-10(6-12)9-19/h1-3,6-8H,4-5H2,(H,21,22). The van der Waals surface area contributed by atoms with E-state index in [0.717, 1.165) is 5.56 Å². The molecule has 0 atom stereocenters. The van der Waals surface area contributed by atoms with Crippen LogP contribution in [0.5, 0.6) is 5.75 Å². The molecular weight excluding hydrogens is 392 g/mol. The van der Waals surface area contributed by atoms with E-state index in [2.05, 4.69) is 14.9 Å². The fourth-order valence-electron chi connectivity index (χ4n) is 2.71. The Morgan fingerprint density at radius 3 is 2.89 bits per heavy atom. The number of aromatic nitrogens is 2. The van der Waals surface area contributed by atoms with Crippen molar-refractivity contribution in [2.75, 3.05) is 11.3 Å². The highest BCUT2D eigenvalue weighted by Gasteiger charge is 2.28. The van der Waals surface area contributed by atoms with E-state index in [4.69, 9.17) is 26.0 Å². The minimum atomic E-state index is -4.05. The third kappa shape index (κ3) is 3.32. The van der Waals surface area contributed by atoms with Crippen molar-refractivity contribution in [3.8, 4) is 23.3 Å². The molecule has 27 heavy (non-hydrogen) atoms. The number of ether oxygens (including phenoxy) is 1. The molecule has 1 aliphatic heterocycles. The van der Waals surface area contributed by atoms with Crippen LogP contribution >= 0.6 is 11.6 Å². The Hall–Kier alpha value is -3.09. The molecule has 1 N–H and O–H groups in total. The molecule has 0 saturated heterocycles. The zero-order chi connectivity index (χ0) is 19.0. The molecule has 0 bridgehead atoms. The molecule has 2 heterocycles. The summed E-state index contributed by atoms with van der Waals surface area (Å²) in [6, 6.07) is 11.2. The van der Waals surface area contributed by atoms with Crippen molar-refractivity contribution in [1.29, 1.82) is 5.26 Å². The van der Waals surface area contributed by atoms with Gasteiger partial charge in [-0.1, -0.05) is 22.8 Å². The first-order valence-electron chi connectivity index (χ1n) is 7.78. The Morgan fingerprint density at radius 2 is 2.07 bits per heavy atom. The molecule has 2 aromatic carbocycles. The van der Waals surface area contributed by atoms with Crippen LogP contribution in [-0.2, 0) is 16.4 Å². The van der Waals surface area contributed by atoms with E-state index in [1.54, 1.807) is 30.3 Å². The molecule has 0 unspecified atom stereocenters. The Bertz CT molecular complexity index is 1180. The first-order chi connectivity index (χ1) is 13.0. The van der Waals surface area contributed by atoms with Crippen LogP contribution < -0.4 is 9.46 Å². The number of nitrogens with one attached hydrogen (secondary N) is 1. The van der Waals surface area contributed by atoms with Crippen LogP contribution in [0, 0.1) is 11.3 Å². The summed E-state index contributed by atoms with van der Waals surface area (Å²) in [5.41, 5.74) is 1.64. The van der Waals surface area contributed by atoms with E-state index in [9.17, 15) is 8.42 Å². The van der Waals surface area contributed by atoms with Crippen molar-refractivity contribution in [2.45, 2.75) is 11.3 Å². The van der Waals surface area contributed by atoms with Crippen LogP contribution in [-0.4, -0.2) is 25.2 Å². The molecule has 0 aliphatic carbocycles. The van der Waals surface area contributed by atoms with Gasteiger partial charge in [-0.2, -0.15) is 5.26 Å². The second-order valence-corrected chi connectivity index (χ2v) is 7.79. The molecule has 0 amide bonds. The first kappa shape index (κ1) is 17.3. The fourth-order valence-corrected chi connectivity index (χ4v) is 4.15. The van der Waals surface area contributed by atoms with Gasteiger partial charge < -0.3 is 9.15 Å². The SMILES string of the molecule is N#Cc1cccc(-c2nnc(NS(=O)(=O)c3cc(Cl)cc4c3OCC4)o2)c1. The van der Waals surface area contributed by atoms with Crippen LogP contribution in [0.15, 0.2) is 45.7 Å². The Balaban J connectivity index is 1.65. The summed E-state index contributed by atoms with van der Waals surface area (Å²) in [6.45, 7) is 0.387. The van der Waals surface area contributed by atoms with Gasteiger partial charge in [0.05, 0.1) is 18.2 Å². The van der Waals surface area contributed by atoms with Crippen molar-refractivity contribution in [2.24, 2.45) is 0 Å². The van der Waals surface area contributed by atoms with Gasteiger partial charge in [0.15, 0.2) is 0 Å². The number of fused-ring (bicyclic) bond motifs is 1. The largest absolute Gasteiger partial charge is 0.492 e. The molecule has 0 saturated carbocycles. The van der Waals surface area contributed by atoms with E-state index in [1.807, 2.05) is 6.07 Å². The predicted octanol–water partition coefficient (Wildman–Crippen LogP) is 3.00. The average Bonchev–Trinajstić information content (AvgIpc) is 3.30. The van der Waals surface area contributed by atoms with Gasteiger partial charge in [-0.05, 0) is 30.3 Å². The molecule has 8 nitrogen and oxygen atoms in total. The van der Waals surface area contributed by atoms with Gasteiger partial charge in [0, 0.05) is 22.6 Å². The summed E-state index contributed by atoms with van der Waals surface area (Å²) in [5, 5.41) is 16.8. The lowest BCUT2D eigenvalue weighted by Gasteiger charge is -2.09. The number of halogens is 1. The molecule has 4 rings (SSSR count). The van der Waals surface area contributed by atoms with Gasteiger partial charge in [0.25, 0.3) is 10.0 Å². The van der Waals surface area contributed by atoms with Crippen LogP contribution in [0.25, 0.3) is 11.5 Å². The summed E-state index contributed by atoms with van der Waals surface area (Å²) in [7, 11) is -4.05. The van der Waals surface area contributed by atoms with Gasteiger partial charge >= 0.3 is 6.01 Å². The number of hydrogen-bond donors (Lipinski definition) is 1. The second kappa shape index (κ2) is 6.57. The lowest BCUT2D eigenvalue weighted by molar-refractivity contribution is 0.348. The minimum absolute atomic E-state index is 0.0809. The molecule has 1 aliphatic rings. The number of sulfonamides is 1. The second-order valence-electron chi connectivity index (χ2n) is 5.70. The Morgan fingerprint density at radius 1 is 1.22 bits per heavy atom. The normalized spacial score (nSPS) is 12.9. The van der Waals surface area contributed by atoms with Crippen LogP contribution in [0.2, 0.25) is 5.02 Å². The van der Waals surface area contributed by atoms with Gasteiger partial charge in [0.2, 0.25) is 5.89 Å². The van der Waals surface area contributed by atoms with Gasteiger partial charge in [-0.3, -0.25) is 0 Å². The third-order valence-corrected chi connectivity index (χ3v) is 5.43. The lowest BCUT2D eigenvalue weighted by atomic mass is 10.1. The molecule has 1 aromatic heterocycles. The Kier molecular flexibility index (Phi) is 4.22. The maximum atomic E-state index is 12.7. The highest BCUT2D eigenvalue weighted by atomic mass is 35.5. The number of anilines is 1. The number of nitriles is 1. The molecule has 3 aromatic rings. The number of hydrogen-bond acceptors (Lipinski definition) is 7. The van der Waals surface area contributed by atoms with Crippen molar-refractivity contribution in [3.05, 3.63) is 52.5 Å². The quantitative estimate of drug-likeness (QED) is 0.712. The highest BCUT2D eigenvalue weighted by molar-refractivity contribution is 7.92. The van der Waals surface area contributed by atoms with E-state index in [1.165, 1.54) is 6.07 Å². The molecule has 0 radical (unpaired) electrons. The monoisotopic (exact) mass is 402 g/mol. The van der Waals surface area contributed by atoms with E-state index >= 15 is 0 Å². The van der Waals surface area contributed by atoms with Crippen molar-refractivity contribution in [3.63, 3.8) is 0 Å². The zero-order valence-electron chi connectivity index (χ0n) is 13.6. The maximum Gasteiger partial charge on any atom is 0.330 e. The summed E-state index contributed by atoms with van der Waals surface area (Å²) in [4.78, 5) is -0.0891. The summed E-state index contributed by atoms with van der Waals surface area (Å²) in [5.74, 6) is 0.353. The summed E-state index contributed by atoms with van der Waals surface area (Å²) >= 11 is 6.02. The third-order valence-electron chi connectivity index (χ3n) is 3.89. The van der Waals surface area contributed by atoms with E-state index < -0.39 is 10.0 Å². The number of nitrogens with zero attached hydrogens (tertiary/aromatic N) is 3. The smallest absolute Gasteiger partial charge is 0.330 e. The fraction of sp³-hybridized carbons (Fsp3) is 0.118.